The third-order valence-corrected chi connectivity index (χ3v) is 8.87. The number of rotatable bonds is 10. The number of fused-ring (bicyclic) bond motifs is 1. The van der Waals surface area contributed by atoms with Crippen LogP contribution >= 0.6 is 0 Å². The molecule has 4 aromatic rings. The first kappa shape index (κ1) is 30.8. The summed E-state index contributed by atoms with van der Waals surface area (Å²) in [7, 11) is 1.99. The zero-order chi connectivity index (χ0) is 31.5. The molecule has 0 saturated carbocycles. The minimum absolute atomic E-state index is 0.0281. The Morgan fingerprint density at radius 3 is 2.00 bits per heavy atom. The summed E-state index contributed by atoms with van der Waals surface area (Å²) in [6, 6.07) is 31.8. The lowest BCUT2D eigenvalue weighted by atomic mass is 9.98. The van der Waals surface area contributed by atoms with E-state index in [-0.39, 0.29) is 43.2 Å². The number of ether oxygens (including phenoxy) is 2. The number of nitrogens with zero attached hydrogens (tertiary/aromatic N) is 2. The van der Waals surface area contributed by atoms with Crippen LogP contribution in [-0.2, 0) is 22.6 Å². The van der Waals surface area contributed by atoms with Crippen molar-refractivity contribution in [2.45, 2.75) is 57.1 Å². The van der Waals surface area contributed by atoms with Crippen LogP contribution in [0.15, 0.2) is 103 Å². The van der Waals surface area contributed by atoms with Crippen LogP contribution < -0.4 is 0 Å². The van der Waals surface area contributed by atoms with E-state index in [2.05, 4.69) is 4.90 Å². The van der Waals surface area contributed by atoms with Crippen LogP contribution in [0, 0.1) is 0 Å². The highest BCUT2D eigenvalue weighted by atomic mass is 16.7. The topological polar surface area (TPSA) is 99.5 Å². The molecule has 6 rings (SSSR count). The molecule has 4 aromatic carbocycles. The normalized spacial score (nSPS) is 21.2. The fraction of sp³-hybridized carbons (Fsp3) is 0.297. The van der Waals surface area contributed by atoms with Crippen LogP contribution in [0.1, 0.15) is 80.4 Å². The number of imide groups is 1. The van der Waals surface area contributed by atoms with Gasteiger partial charge in [-0.15, -0.1) is 0 Å². The lowest BCUT2D eigenvalue weighted by molar-refractivity contribution is -0.253. The smallest absolute Gasteiger partial charge is 0.261 e. The van der Waals surface area contributed by atoms with Gasteiger partial charge in [-0.3, -0.25) is 19.4 Å². The third-order valence-electron chi connectivity index (χ3n) is 8.87. The van der Waals surface area contributed by atoms with E-state index >= 15 is 0 Å². The summed E-state index contributed by atoms with van der Waals surface area (Å²) in [6.07, 6.45) is -1.13. The highest BCUT2D eigenvalue weighted by Crippen LogP contribution is 2.38. The molecule has 2 aliphatic rings. The molecule has 0 spiro atoms. The molecule has 8 heteroatoms. The Kier molecular flexibility index (Phi) is 9.21. The molecule has 2 N–H and O–H groups in total. The molecule has 2 amide bonds. The van der Waals surface area contributed by atoms with Crippen molar-refractivity contribution in [3.05, 3.63) is 142 Å². The standard InChI is InChI=1S/C37H38N2O6/c1-24(34(41)28-8-4-3-5-9-28)38(2)22-30-20-33(27-16-14-26(23-40)15-17-27)45-37(44-30)29-18-12-25(13-19-29)21-39-35(42)31-10-6-7-11-32(31)36(39)43/h3-19,24,30,33-34,37,40-41H,20-23H2,1-2H3/t24-,30+,33-,34-,37-/m0/s1. The third kappa shape index (κ3) is 6.61. The summed E-state index contributed by atoms with van der Waals surface area (Å²) >= 11 is 0. The minimum atomic E-state index is -0.651. The van der Waals surface area contributed by atoms with Gasteiger partial charge >= 0.3 is 0 Å². The Morgan fingerprint density at radius 1 is 0.800 bits per heavy atom. The average molecular weight is 607 g/mol. The van der Waals surface area contributed by atoms with Gasteiger partial charge in [-0.2, -0.15) is 0 Å². The fourth-order valence-corrected chi connectivity index (χ4v) is 6.04. The van der Waals surface area contributed by atoms with Crippen LogP contribution in [-0.4, -0.2) is 57.6 Å². The molecule has 8 nitrogen and oxygen atoms in total. The quantitative estimate of drug-likeness (QED) is 0.228. The van der Waals surface area contributed by atoms with Crippen LogP contribution in [0.2, 0.25) is 0 Å². The highest BCUT2D eigenvalue weighted by Gasteiger charge is 2.36. The zero-order valence-corrected chi connectivity index (χ0v) is 25.5. The molecule has 1 saturated heterocycles. The molecule has 0 unspecified atom stereocenters. The number of hydrogen-bond donors (Lipinski definition) is 2. The maximum atomic E-state index is 12.9. The van der Waals surface area contributed by atoms with Crippen molar-refractivity contribution in [1.82, 2.24) is 9.80 Å². The van der Waals surface area contributed by atoms with E-state index in [0.717, 1.165) is 27.8 Å². The fourth-order valence-electron chi connectivity index (χ4n) is 6.04. The molecule has 0 radical (unpaired) electrons. The Labute approximate surface area is 263 Å². The van der Waals surface area contributed by atoms with Crippen molar-refractivity contribution >= 4 is 11.8 Å². The highest BCUT2D eigenvalue weighted by molar-refractivity contribution is 6.21. The van der Waals surface area contributed by atoms with Crippen LogP contribution in [0.5, 0.6) is 0 Å². The van der Waals surface area contributed by atoms with E-state index in [1.807, 2.05) is 92.8 Å². The number of hydrogen-bond acceptors (Lipinski definition) is 7. The van der Waals surface area contributed by atoms with Crippen molar-refractivity contribution in [3.8, 4) is 0 Å². The second-order valence-electron chi connectivity index (χ2n) is 11.9. The van der Waals surface area contributed by atoms with Gasteiger partial charge in [0.1, 0.15) is 0 Å². The van der Waals surface area contributed by atoms with E-state index < -0.39 is 12.4 Å². The molecule has 2 heterocycles. The summed E-state index contributed by atoms with van der Waals surface area (Å²) in [5.74, 6) is -0.570. The summed E-state index contributed by atoms with van der Waals surface area (Å²) < 4.78 is 13.0. The zero-order valence-electron chi connectivity index (χ0n) is 25.5. The number of aliphatic hydroxyl groups is 2. The molecule has 1 fully saturated rings. The van der Waals surface area contributed by atoms with Crippen molar-refractivity contribution < 1.29 is 29.3 Å². The largest absolute Gasteiger partial charge is 0.392 e. The van der Waals surface area contributed by atoms with Crippen LogP contribution in [0.25, 0.3) is 0 Å². The van der Waals surface area contributed by atoms with Crippen LogP contribution in [0.4, 0.5) is 0 Å². The second-order valence-corrected chi connectivity index (χ2v) is 11.9. The number of benzene rings is 4. The lowest BCUT2D eigenvalue weighted by Gasteiger charge is -2.39. The number of carbonyl (C=O) groups excluding carboxylic acids is 2. The molecule has 5 atom stereocenters. The Balaban J connectivity index is 1.18. The van der Waals surface area contributed by atoms with E-state index in [1.165, 1.54) is 4.90 Å². The number of carbonyl (C=O) groups is 2. The predicted molar refractivity (Wildman–Crippen MR) is 169 cm³/mol. The molecule has 0 bridgehead atoms. The Morgan fingerprint density at radius 2 is 1.38 bits per heavy atom. The van der Waals surface area contributed by atoms with Crippen molar-refractivity contribution in [2.75, 3.05) is 13.6 Å². The minimum Gasteiger partial charge on any atom is -0.392 e. The van der Waals surface area contributed by atoms with Gasteiger partial charge in [0.25, 0.3) is 11.8 Å². The Bertz CT molecular complexity index is 1590. The van der Waals surface area contributed by atoms with Gasteiger partial charge in [0.15, 0.2) is 6.29 Å². The summed E-state index contributed by atoms with van der Waals surface area (Å²) in [5, 5.41) is 20.6. The monoisotopic (exact) mass is 606 g/mol. The van der Waals surface area contributed by atoms with E-state index in [1.54, 1.807) is 24.3 Å². The molecule has 45 heavy (non-hydrogen) atoms. The molecule has 2 aliphatic heterocycles. The maximum Gasteiger partial charge on any atom is 0.261 e. The van der Waals surface area contributed by atoms with Gasteiger partial charge in [0.2, 0.25) is 0 Å². The Hall–Kier alpha value is -4.18. The number of amides is 2. The van der Waals surface area contributed by atoms with Crippen molar-refractivity contribution in [3.63, 3.8) is 0 Å². The molecule has 0 aromatic heterocycles. The first-order chi connectivity index (χ1) is 21.8. The van der Waals surface area contributed by atoms with Gasteiger partial charge in [0, 0.05) is 24.6 Å². The summed E-state index contributed by atoms with van der Waals surface area (Å²) in [6.45, 7) is 2.73. The molecule has 0 aliphatic carbocycles. The molecular formula is C37H38N2O6. The maximum absolute atomic E-state index is 12.9. The van der Waals surface area contributed by atoms with E-state index in [0.29, 0.717) is 24.1 Å². The average Bonchev–Trinajstić information content (AvgIpc) is 3.33. The van der Waals surface area contributed by atoms with Gasteiger partial charge in [-0.25, -0.2) is 0 Å². The van der Waals surface area contributed by atoms with Crippen molar-refractivity contribution in [1.29, 1.82) is 0 Å². The van der Waals surface area contributed by atoms with Crippen LogP contribution in [0.3, 0.4) is 0 Å². The first-order valence-electron chi connectivity index (χ1n) is 15.3. The number of aliphatic hydroxyl groups excluding tert-OH is 2. The molecule has 232 valence electrons. The summed E-state index contributed by atoms with van der Waals surface area (Å²) in [4.78, 5) is 29.1. The van der Waals surface area contributed by atoms with E-state index in [4.69, 9.17) is 9.47 Å². The second kappa shape index (κ2) is 13.4. The molecular weight excluding hydrogens is 568 g/mol. The SMILES string of the molecule is C[C@@H]([C@H](O)c1ccccc1)N(C)C[C@H]1C[C@@H](c2ccc(CO)cc2)O[C@@H](c2ccc(CN3C(=O)c4ccccc4C3=O)cc2)O1. The lowest BCUT2D eigenvalue weighted by Crippen LogP contribution is -2.43. The van der Waals surface area contributed by atoms with Gasteiger partial charge in [0.05, 0.1) is 42.6 Å². The predicted octanol–water partition coefficient (Wildman–Crippen LogP) is 5.57. The van der Waals surface area contributed by atoms with Crippen molar-refractivity contribution in [2.24, 2.45) is 0 Å². The van der Waals surface area contributed by atoms with Gasteiger partial charge in [-0.1, -0.05) is 91.0 Å². The number of likely N-dealkylation sites (N-methyl/N-ethyl adjacent to an activating group) is 1. The summed E-state index contributed by atoms with van der Waals surface area (Å²) in [5.41, 5.74) is 5.20. The van der Waals surface area contributed by atoms with Gasteiger partial charge in [-0.05, 0) is 48.4 Å². The van der Waals surface area contributed by atoms with E-state index in [9.17, 15) is 19.8 Å². The van der Waals surface area contributed by atoms with Gasteiger partial charge < -0.3 is 19.7 Å². The first-order valence-corrected chi connectivity index (χ1v) is 15.3.